The summed E-state index contributed by atoms with van der Waals surface area (Å²) in [5.41, 5.74) is 0. The Hall–Kier alpha value is 0.820. The van der Waals surface area contributed by atoms with Crippen molar-refractivity contribution in [1.29, 1.82) is 0 Å². The molecule has 1 saturated carbocycles. The summed E-state index contributed by atoms with van der Waals surface area (Å²) < 4.78 is 25.5. The van der Waals surface area contributed by atoms with E-state index in [1.165, 1.54) is 0 Å². The van der Waals surface area contributed by atoms with Crippen LogP contribution >= 0.6 is 31.9 Å². The third-order valence-electron chi connectivity index (χ3n) is 2.10. The fourth-order valence-corrected chi connectivity index (χ4v) is 3.28. The summed E-state index contributed by atoms with van der Waals surface area (Å²) in [6.45, 7) is 0. The molecule has 11 heavy (non-hydrogen) atoms. The number of hydrogen-bond donors (Lipinski definition) is 0. The molecule has 0 bridgehead atoms. The van der Waals surface area contributed by atoms with Gasteiger partial charge in [0.1, 0.15) is 0 Å². The fraction of sp³-hybridized carbons (Fsp3) is 1.00. The standard InChI is InChI=1S/C7H10Br2F2/c8-6-4-2-1-3-5(6)7(9,10)11/h5-6H,1-4H2/t5-,6+/m1/s1. The third-order valence-corrected chi connectivity index (χ3v) is 3.79. The van der Waals surface area contributed by atoms with E-state index in [0.29, 0.717) is 6.42 Å². The molecule has 0 spiro atoms. The molecule has 1 rings (SSSR count). The molecule has 0 aromatic rings. The lowest BCUT2D eigenvalue weighted by atomic mass is 9.89. The van der Waals surface area contributed by atoms with E-state index in [1.807, 2.05) is 0 Å². The van der Waals surface area contributed by atoms with Gasteiger partial charge in [-0.25, -0.2) is 0 Å². The average molecular weight is 292 g/mol. The first-order chi connectivity index (χ1) is 5.02. The van der Waals surface area contributed by atoms with Gasteiger partial charge in [0.25, 0.3) is 0 Å². The summed E-state index contributed by atoms with van der Waals surface area (Å²) in [4.78, 5) is -2.72. The van der Waals surface area contributed by atoms with Crippen molar-refractivity contribution in [2.24, 2.45) is 5.92 Å². The van der Waals surface area contributed by atoms with Gasteiger partial charge in [-0.2, -0.15) is 8.78 Å². The number of halogens is 4. The Balaban J connectivity index is 2.55. The Kier molecular flexibility index (Phi) is 3.32. The maximum absolute atomic E-state index is 12.7. The van der Waals surface area contributed by atoms with Crippen molar-refractivity contribution in [3.63, 3.8) is 0 Å². The van der Waals surface area contributed by atoms with Crippen molar-refractivity contribution in [3.8, 4) is 0 Å². The lowest BCUT2D eigenvalue weighted by Gasteiger charge is -2.30. The first-order valence-corrected chi connectivity index (χ1v) is 5.43. The molecule has 1 aliphatic carbocycles. The maximum Gasteiger partial charge on any atom is 0.305 e. The molecule has 0 N–H and O–H groups in total. The second kappa shape index (κ2) is 3.69. The highest BCUT2D eigenvalue weighted by atomic mass is 79.9. The predicted molar refractivity (Wildman–Crippen MR) is 48.5 cm³/mol. The first-order valence-electron chi connectivity index (χ1n) is 3.72. The zero-order valence-corrected chi connectivity index (χ0v) is 9.17. The van der Waals surface area contributed by atoms with Crippen LogP contribution in [0, 0.1) is 5.92 Å². The molecular formula is C7H10Br2F2. The number of rotatable bonds is 1. The van der Waals surface area contributed by atoms with Gasteiger partial charge in [0.15, 0.2) is 0 Å². The topological polar surface area (TPSA) is 0 Å². The maximum atomic E-state index is 12.7. The smallest absolute Gasteiger partial charge is 0.193 e. The van der Waals surface area contributed by atoms with Crippen molar-refractivity contribution in [1.82, 2.24) is 0 Å². The van der Waals surface area contributed by atoms with E-state index < -0.39 is 10.7 Å². The van der Waals surface area contributed by atoms with Crippen molar-refractivity contribution in [3.05, 3.63) is 0 Å². The average Bonchev–Trinajstić information content (AvgIpc) is 1.86. The van der Waals surface area contributed by atoms with Gasteiger partial charge < -0.3 is 0 Å². The molecule has 0 heterocycles. The Morgan fingerprint density at radius 3 is 2.09 bits per heavy atom. The molecule has 0 saturated heterocycles. The van der Waals surface area contributed by atoms with Gasteiger partial charge in [-0.15, -0.1) is 0 Å². The molecule has 66 valence electrons. The Bertz CT molecular complexity index is 133. The van der Waals surface area contributed by atoms with E-state index in [1.54, 1.807) is 0 Å². The molecule has 0 nitrogen and oxygen atoms in total. The molecule has 0 amide bonds. The minimum Gasteiger partial charge on any atom is -0.193 e. The Morgan fingerprint density at radius 2 is 1.73 bits per heavy atom. The minimum atomic E-state index is -2.69. The van der Waals surface area contributed by atoms with E-state index in [4.69, 9.17) is 0 Å². The van der Waals surface area contributed by atoms with E-state index in [9.17, 15) is 8.78 Å². The molecule has 4 heteroatoms. The van der Waals surface area contributed by atoms with Crippen LogP contribution in [0.2, 0.25) is 0 Å². The Labute approximate surface area is 82.0 Å². The van der Waals surface area contributed by atoms with E-state index >= 15 is 0 Å². The van der Waals surface area contributed by atoms with Crippen LogP contribution in [0.5, 0.6) is 0 Å². The van der Waals surface area contributed by atoms with E-state index in [0.717, 1.165) is 19.3 Å². The van der Waals surface area contributed by atoms with Crippen molar-refractivity contribution >= 4 is 31.9 Å². The molecule has 2 atom stereocenters. The quantitative estimate of drug-likeness (QED) is 0.642. The summed E-state index contributed by atoms with van der Waals surface area (Å²) in [7, 11) is 0. The summed E-state index contributed by atoms with van der Waals surface area (Å²) in [5, 5.41) is 0. The van der Waals surface area contributed by atoms with Crippen LogP contribution in [0.1, 0.15) is 25.7 Å². The second-order valence-corrected chi connectivity index (χ2v) is 5.18. The summed E-state index contributed by atoms with van der Waals surface area (Å²) >= 11 is 5.70. The number of alkyl halides is 4. The van der Waals surface area contributed by atoms with Gasteiger partial charge in [0, 0.05) is 10.7 Å². The van der Waals surface area contributed by atoms with Gasteiger partial charge in [0.05, 0.1) is 0 Å². The van der Waals surface area contributed by atoms with Gasteiger partial charge in [0.2, 0.25) is 0 Å². The summed E-state index contributed by atoms with van der Waals surface area (Å²) in [6, 6.07) is 0. The van der Waals surface area contributed by atoms with E-state index in [-0.39, 0.29) is 4.83 Å². The van der Waals surface area contributed by atoms with E-state index in [2.05, 4.69) is 31.9 Å². The zero-order valence-electron chi connectivity index (χ0n) is 5.99. The monoisotopic (exact) mass is 290 g/mol. The first kappa shape index (κ1) is 9.90. The molecule has 0 aliphatic heterocycles. The molecule has 0 radical (unpaired) electrons. The molecule has 1 fully saturated rings. The van der Waals surface area contributed by atoms with Crippen LogP contribution in [0.4, 0.5) is 8.78 Å². The normalized spacial score (nSPS) is 33.8. The molecule has 1 aliphatic rings. The molecule has 0 aromatic heterocycles. The lowest BCUT2D eigenvalue weighted by Crippen LogP contribution is -2.31. The predicted octanol–water partition coefficient (Wildman–Crippen LogP) is 3.93. The highest BCUT2D eigenvalue weighted by Crippen LogP contribution is 2.43. The van der Waals surface area contributed by atoms with Crippen LogP contribution in [-0.4, -0.2) is 9.66 Å². The van der Waals surface area contributed by atoms with Crippen LogP contribution < -0.4 is 0 Å². The lowest BCUT2D eigenvalue weighted by molar-refractivity contribution is 0.0316. The molecule has 0 aromatic carbocycles. The minimum absolute atomic E-state index is 0.0226. The van der Waals surface area contributed by atoms with Crippen molar-refractivity contribution in [2.45, 2.75) is 35.3 Å². The largest absolute Gasteiger partial charge is 0.305 e. The van der Waals surface area contributed by atoms with Crippen LogP contribution in [0.3, 0.4) is 0 Å². The van der Waals surface area contributed by atoms with Gasteiger partial charge in [-0.1, -0.05) is 28.8 Å². The van der Waals surface area contributed by atoms with Gasteiger partial charge >= 0.3 is 4.83 Å². The highest BCUT2D eigenvalue weighted by molar-refractivity contribution is 9.10. The SMILES string of the molecule is FC(F)(Br)[C@@H]1CCCC[C@@H]1Br. The second-order valence-electron chi connectivity index (χ2n) is 2.95. The molecule has 0 unspecified atom stereocenters. The fourth-order valence-electron chi connectivity index (χ4n) is 1.45. The molecular weight excluding hydrogens is 282 g/mol. The van der Waals surface area contributed by atoms with Crippen LogP contribution in [0.15, 0.2) is 0 Å². The summed E-state index contributed by atoms with van der Waals surface area (Å²) in [5.74, 6) is -0.531. The van der Waals surface area contributed by atoms with Gasteiger partial charge in [-0.3, -0.25) is 0 Å². The zero-order chi connectivity index (χ0) is 8.48. The highest BCUT2D eigenvalue weighted by Gasteiger charge is 2.41. The summed E-state index contributed by atoms with van der Waals surface area (Å²) in [6.07, 6.45) is 3.48. The van der Waals surface area contributed by atoms with Crippen LogP contribution in [-0.2, 0) is 0 Å². The van der Waals surface area contributed by atoms with Crippen molar-refractivity contribution in [2.75, 3.05) is 0 Å². The number of hydrogen-bond acceptors (Lipinski definition) is 0. The van der Waals surface area contributed by atoms with Crippen molar-refractivity contribution < 1.29 is 8.78 Å². The van der Waals surface area contributed by atoms with Crippen LogP contribution in [0.25, 0.3) is 0 Å². The Morgan fingerprint density at radius 1 is 1.18 bits per heavy atom. The third kappa shape index (κ3) is 2.65. The van der Waals surface area contributed by atoms with Gasteiger partial charge in [-0.05, 0) is 28.8 Å².